The number of rotatable bonds is 10. The lowest BCUT2D eigenvalue weighted by Crippen LogP contribution is -2.23. The second kappa shape index (κ2) is 10.5. The van der Waals surface area contributed by atoms with Crippen LogP contribution < -0.4 is 5.73 Å². The van der Waals surface area contributed by atoms with Gasteiger partial charge in [0.25, 0.3) is 0 Å². The largest absolute Gasteiger partial charge is 0.450 e. The number of amides is 1. The first-order valence-corrected chi connectivity index (χ1v) is 8.48. The lowest BCUT2D eigenvalue weighted by molar-refractivity contribution is 0.124. The number of primary amides is 1. The number of ether oxygens (including phenoxy) is 1. The number of hydrogen-bond donors (Lipinski definition) is 1. The van der Waals surface area contributed by atoms with Gasteiger partial charge in [0.2, 0.25) is 0 Å². The van der Waals surface area contributed by atoms with Crippen molar-refractivity contribution in [2.45, 2.75) is 65.7 Å². The van der Waals surface area contributed by atoms with E-state index in [0.717, 1.165) is 11.8 Å². The van der Waals surface area contributed by atoms with Crippen LogP contribution in [-0.4, -0.2) is 18.0 Å². The lowest BCUT2D eigenvalue weighted by atomic mass is 9.76. The Bertz CT molecular complexity index is 239. The van der Waals surface area contributed by atoms with Crippen LogP contribution in [0.25, 0.3) is 0 Å². The summed E-state index contributed by atoms with van der Waals surface area (Å²) in [6.45, 7) is 7.22. The fraction of sp³-hybridized carbons (Fsp3) is 0.933. The van der Waals surface area contributed by atoms with E-state index in [1.165, 1.54) is 38.5 Å². The third kappa shape index (κ3) is 11.3. The topological polar surface area (TPSA) is 52.3 Å². The minimum Gasteiger partial charge on any atom is -0.450 e. The molecule has 0 saturated carbocycles. The van der Waals surface area contributed by atoms with E-state index < -0.39 is 6.09 Å². The van der Waals surface area contributed by atoms with E-state index in [1.807, 2.05) is 0 Å². The molecule has 0 radical (unpaired) electrons. The van der Waals surface area contributed by atoms with Gasteiger partial charge < -0.3 is 10.5 Å². The molecule has 1 unspecified atom stereocenters. The Kier molecular flexibility index (Phi) is 10.4. The molecule has 0 bridgehead atoms. The maximum absolute atomic E-state index is 10.6. The summed E-state index contributed by atoms with van der Waals surface area (Å²) in [6.07, 6.45) is 7.93. The molecule has 0 aliphatic carbocycles. The van der Waals surface area contributed by atoms with Gasteiger partial charge in [-0.3, -0.25) is 0 Å². The van der Waals surface area contributed by atoms with Crippen LogP contribution in [0, 0.1) is 11.3 Å². The van der Waals surface area contributed by atoms with E-state index in [4.69, 9.17) is 10.5 Å². The highest BCUT2D eigenvalue weighted by Gasteiger charge is 2.24. The lowest BCUT2D eigenvalue weighted by Gasteiger charge is -2.30. The molecule has 1 atom stereocenters. The van der Waals surface area contributed by atoms with Crippen LogP contribution >= 0.6 is 15.9 Å². The Labute approximate surface area is 126 Å². The van der Waals surface area contributed by atoms with Crippen molar-refractivity contribution in [3.63, 3.8) is 0 Å². The fourth-order valence-electron chi connectivity index (χ4n) is 2.33. The van der Waals surface area contributed by atoms with Crippen LogP contribution in [-0.2, 0) is 4.74 Å². The van der Waals surface area contributed by atoms with Gasteiger partial charge in [-0.15, -0.1) is 0 Å². The van der Waals surface area contributed by atoms with Gasteiger partial charge in [-0.05, 0) is 30.6 Å². The first-order chi connectivity index (χ1) is 8.88. The number of carbonyl (C=O) groups excluding carboxylic acids is 1. The van der Waals surface area contributed by atoms with E-state index in [0.29, 0.717) is 12.5 Å². The SMILES string of the molecule is CC(C)(C)C(CCCCCCCBr)CCOC(N)=O. The molecule has 2 N–H and O–H groups in total. The highest BCUT2D eigenvalue weighted by Crippen LogP contribution is 2.33. The summed E-state index contributed by atoms with van der Waals surface area (Å²) in [7, 11) is 0. The predicted molar refractivity (Wildman–Crippen MR) is 84.6 cm³/mol. The Morgan fingerprint density at radius 2 is 1.68 bits per heavy atom. The molecule has 0 spiro atoms. The van der Waals surface area contributed by atoms with E-state index in [-0.39, 0.29) is 5.41 Å². The van der Waals surface area contributed by atoms with E-state index in [1.54, 1.807) is 0 Å². The first kappa shape index (κ1) is 18.8. The van der Waals surface area contributed by atoms with Crippen LogP contribution in [0.3, 0.4) is 0 Å². The summed E-state index contributed by atoms with van der Waals surface area (Å²) in [5, 5.41) is 1.11. The molecular weight excluding hydrogens is 306 g/mol. The summed E-state index contributed by atoms with van der Waals surface area (Å²) < 4.78 is 4.86. The quantitative estimate of drug-likeness (QED) is 0.457. The normalized spacial score (nSPS) is 13.3. The average molecular weight is 336 g/mol. The number of unbranched alkanes of at least 4 members (excludes halogenated alkanes) is 4. The van der Waals surface area contributed by atoms with Crippen molar-refractivity contribution in [1.82, 2.24) is 0 Å². The molecule has 0 aromatic heterocycles. The molecule has 4 heteroatoms. The van der Waals surface area contributed by atoms with Gasteiger partial charge in [0.05, 0.1) is 6.61 Å². The Morgan fingerprint density at radius 1 is 1.11 bits per heavy atom. The third-order valence-electron chi connectivity index (χ3n) is 3.62. The molecule has 0 heterocycles. The zero-order valence-corrected chi connectivity index (χ0v) is 14.3. The molecule has 0 aromatic rings. The molecule has 0 rings (SSSR count). The first-order valence-electron chi connectivity index (χ1n) is 7.36. The third-order valence-corrected chi connectivity index (χ3v) is 4.18. The standard InChI is InChI=1S/C15H30BrNO2/c1-15(2,3)13(10-12-19-14(17)18)9-7-5-4-6-8-11-16/h13H,4-12H2,1-3H3,(H2,17,18). The molecular formula is C15H30BrNO2. The van der Waals surface area contributed by atoms with E-state index >= 15 is 0 Å². The highest BCUT2D eigenvalue weighted by atomic mass is 79.9. The zero-order valence-electron chi connectivity index (χ0n) is 12.7. The molecule has 19 heavy (non-hydrogen) atoms. The molecule has 1 amide bonds. The van der Waals surface area contributed by atoms with Crippen molar-refractivity contribution in [2.75, 3.05) is 11.9 Å². The molecule has 0 saturated heterocycles. The smallest absolute Gasteiger partial charge is 0.404 e. The molecule has 0 aromatic carbocycles. The van der Waals surface area contributed by atoms with Gasteiger partial charge in [0.1, 0.15) is 0 Å². The van der Waals surface area contributed by atoms with Crippen molar-refractivity contribution in [1.29, 1.82) is 0 Å². The Balaban J connectivity index is 3.84. The number of alkyl halides is 1. The predicted octanol–water partition coefficient (Wildman–Crippen LogP) is 4.87. The van der Waals surface area contributed by atoms with Crippen molar-refractivity contribution >= 4 is 22.0 Å². The van der Waals surface area contributed by atoms with Crippen molar-refractivity contribution in [2.24, 2.45) is 17.1 Å². The van der Waals surface area contributed by atoms with Crippen LogP contribution in [0.1, 0.15) is 65.7 Å². The van der Waals surface area contributed by atoms with Gasteiger partial charge in [0.15, 0.2) is 0 Å². The van der Waals surface area contributed by atoms with Crippen molar-refractivity contribution < 1.29 is 9.53 Å². The van der Waals surface area contributed by atoms with E-state index in [2.05, 4.69) is 36.7 Å². The molecule has 114 valence electrons. The summed E-state index contributed by atoms with van der Waals surface area (Å²) in [4.78, 5) is 10.6. The van der Waals surface area contributed by atoms with Gasteiger partial charge in [-0.1, -0.05) is 62.4 Å². The molecule has 0 aliphatic rings. The number of hydrogen-bond acceptors (Lipinski definition) is 2. The number of carbonyl (C=O) groups is 1. The summed E-state index contributed by atoms with van der Waals surface area (Å²) in [6, 6.07) is 0. The zero-order chi connectivity index (χ0) is 14.7. The van der Waals surface area contributed by atoms with Gasteiger partial charge in [-0.25, -0.2) is 4.79 Å². The maximum Gasteiger partial charge on any atom is 0.404 e. The van der Waals surface area contributed by atoms with Gasteiger partial charge in [0, 0.05) is 5.33 Å². The van der Waals surface area contributed by atoms with Crippen molar-refractivity contribution in [3.8, 4) is 0 Å². The summed E-state index contributed by atoms with van der Waals surface area (Å²) >= 11 is 3.46. The minimum absolute atomic E-state index is 0.261. The van der Waals surface area contributed by atoms with Gasteiger partial charge in [-0.2, -0.15) is 0 Å². The van der Waals surface area contributed by atoms with Crippen LogP contribution in [0.4, 0.5) is 4.79 Å². The second-order valence-electron chi connectivity index (χ2n) is 6.26. The molecule has 0 aliphatic heterocycles. The monoisotopic (exact) mass is 335 g/mol. The Hall–Kier alpha value is -0.250. The number of halogens is 1. The fourth-order valence-corrected chi connectivity index (χ4v) is 2.72. The molecule has 0 fully saturated rings. The summed E-state index contributed by atoms with van der Waals surface area (Å²) in [5.74, 6) is 0.586. The van der Waals surface area contributed by atoms with Crippen LogP contribution in [0.15, 0.2) is 0 Å². The maximum atomic E-state index is 10.6. The highest BCUT2D eigenvalue weighted by molar-refractivity contribution is 9.09. The number of nitrogens with two attached hydrogens (primary N) is 1. The second-order valence-corrected chi connectivity index (χ2v) is 7.06. The van der Waals surface area contributed by atoms with Crippen molar-refractivity contribution in [3.05, 3.63) is 0 Å². The van der Waals surface area contributed by atoms with Gasteiger partial charge >= 0.3 is 6.09 Å². The van der Waals surface area contributed by atoms with Crippen LogP contribution in [0.2, 0.25) is 0 Å². The van der Waals surface area contributed by atoms with E-state index in [9.17, 15) is 4.79 Å². The average Bonchev–Trinajstić information content (AvgIpc) is 2.29. The van der Waals surface area contributed by atoms with Crippen LogP contribution in [0.5, 0.6) is 0 Å². The Morgan fingerprint density at radius 3 is 2.21 bits per heavy atom. The minimum atomic E-state index is -0.664. The molecule has 3 nitrogen and oxygen atoms in total. The summed E-state index contributed by atoms with van der Waals surface area (Å²) in [5.41, 5.74) is 5.25.